The van der Waals surface area contributed by atoms with Gasteiger partial charge < -0.3 is 8.98 Å². The molecule has 6 heteroatoms. The summed E-state index contributed by atoms with van der Waals surface area (Å²) in [6.07, 6.45) is 7.03. The third-order valence-electron chi connectivity index (χ3n) is 17.8. The first-order valence-corrected chi connectivity index (χ1v) is 28.3. The predicted octanol–water partition coefficient (Wildman–Crippen LogP) is 19.1. The summed E-state index contributed by atoms with van der Waals surface area (Å²) in [7, 11) is 0. The fourth-order valence-corrected chi connectivity index (χ4v) is 14.4. The molecule has 0 amide bonds. The van der Waals surface area contributed by atoms with Gasteiger partial charge >= 0.3 is 0 Å². The lowest BCUT2D eigenvalue weighted by molar-refractivity contribution is 0.669. The maximum absolute atomic E-state index is 6.72. The zero-order chi connectivity index (χ0) is 53.6. The zero-order valence-electron chi connectivity index (χ0n) is 44.4. The fourth-order valence-electron chi connectivity index (χ4n) is 14.4. The van der Waals surface area contributed by atoms with Crippen molar-refractivity contribution in [3.8, 4) is 67.8 Å². The molecule has 15 aromatic rings. The number of aromatic nitrogens is 5. The minimum atomic E-state index is -0.493. The van der Waals surface area contributed by atoms with Crippen molar-refractivity contribution in [1.82, 2.24) is 24.1 Å². The van der Waals surface area contributed by atoms with E-state index in [9.17, 15) is 0 Å². The average Bonchev–Trinajstić information content (AvgIpc) is 1.64. The molecule has 82 heavy (non-hydrogen) atoms. The van der Waals surface area contributed by atoms with Gasteiger partial charge in [-0.05, 0) is 135 Å². The van der Waals surface area contributed by atoms with Gasteiger partial charge in [-0.25, -0.2) is 4.98 Å². The van der Waals surface area contributed by atoms with Gasteiger partial charge in [0.25, 0.3) is 0 Å². The van der Waals surface area contributed by atoms with E-state index in [2.05, 4.69) is 234 Å². The highest BCUT2D eigenvalue weighted by atomic mass is 16.3. The third-order valence-corrected chi connectivity index (χ3v) is 17.8. The Morgan fingerprint density at radius 3 is 1.73 bits per heavy atom. The Balaban J connectivity index is 0.874. The minimum absolute atomic E-state index is 0.493. The lowest BCUT2D eigenvalue weighted by atomic mass is 9.69. The van der Waals surface area contributed by atoms with E-state index in [1.807, 2.05) is 36.4 Å². The lowest BCUT2D eigenvalue weighted by Gasteiger charge is -2.31. The highest BCUT2D eigenvalue weighted by molar-refractivity contribution is 6.19. The van der Waals surface area contributed by atoms with Gasteiger partial charge in [0.05, 0.1) is 27.5 Å². The van der Waals surface area contributed by atoms with Gasteiger partial charge in [0.2, 0.25) is 5.95 Å². The second-order valence-electron chi connectivity index (χ2n) is 22.0. The number of benzene rings is 11. The normalized spacial score (nSPS) is 15.2. The van der Waals surface area contributed by atoms with Crippen LogP contribution >= 0.6 is 0 Å². The van der Waals surface area contributed by atoms with Crippen LogP contribution in [0.15, 0.2) is 271 Å². The number of hydrogen-bond acceptors (Lipinski definition) is 4. The molecule has 382 valence electrons. The quantitative estimate of drug-likeness (QED) is 0.166. The zero-order valence-corrected chi connectivity index (χ0v) is 44.4. The number of para-hydroxylation sites is 2. The predicted molar refractivity (Wildman–Crippen MR) is 335 cm³/mol. The summed E-state index contributed by atoms with van der Waals surface area (Å²) in [5.41, 5.74) is 23.6. The second kappa shape index (κ2) is 17.2. The molecule has 0 saturated carbocycles. The van der Waals surface area contributed by atoms with Crippen LogP contribution < -0.4 is 0 Å². The standard InChI is InChI=1S/C76H47N5O/c1-4-19-46(20-5-1)73-77-74(47-21-6-2-7-22-47)79-75(78-73)81-67-40-35-48(43-59(67)56-38-39-64-71(72(56)81)57-28-12-16-32-63(57)76(64)61-30-14-10-25-53(61)54-26-11-15-31-62(54)76)49-37-42-68-60(44-49)70-52(29-18-34-69(70)82-68)50-36-41-66-58(45-50)55-27-13-17-33-65(55)80(66)51-23-8-3-9-24-51/h1-10,12-14,16-45H,11,15H2. The topological polar surface area (TPSA) is 61.7 Å². The summed E-state index contributed by atoms with van der Waals surface area (Å²) in [5.74, 6) is 1.80. The third kappa shape index (κ3) is 6.26. The van der Waals surface area contributed by atoms with E-state index in [1.165, 1.54) is 66.3 Å². The number of fused-ring (bicyclic) bond motifs is 20. The molecule has 1 atom stereocenters. The Labute approximate surface area is 471 Å². The molecule has 0 N–H and O–H groups in total. The number of hydrogen-bond donors (Lipinski definition) is 0. The van der Waals surface area contributed by atoms with Crippen LogP contribution in [0.5, 0.6) is 0 Å². The van der Waals surface area contributed by atoms with Gasteiger partial charge in [0.1, 0.15) is 11.2 Å². The first-order chi connectivity index (χ1) is 40.7. The molecule has 3 aliphatic rings. The summed E-state index contributed by atoms with van der Waals surface area (Å²) in [5, 5.41) is 6.86. The van der Waals surface area contributed by atoms with E-state index in [4.69, 9.17) is 19.4 Å². The van der Waals surface area contributed by atoms with Crippen molar-refractivity contribution in [3.63, 3.8) is 0 Å². The number of furan rings is 1. The van der Waals surface area contributed by atoms with Gasteiger partial charge in [-0.2, -0.15) is 9.97 Å². The number of allylic oxidation sites excluding steroid dienone is 4. The fraction of sp³-hybridized carbons (Fsp3) is 0.0395. The van der Waals surface area contributed by atoms with Crippen molar-refractivity contribution in [1.29, 1.82) is 0 Å². The largest absolute Gasteiger partial charge is 0.456 e. The molecule has 0 fully saturated rings. The summed E-state index contributed by atoms with van der Waals surface area (Å²) in [6.45, 7) is 0. The molecule has 4 heterocycles. The summed E-state index contributed by atoms with van der Waals surface area (Å²) < 4.78 is 11.4. The molecule has 1 unspecified atom stereocenters. The van der Waals surface area contributed by atoms with Crippen LogP contribution in [-0.2, 0) is 5.41 Å². The molecule has 18 rings (SSSR count). The Morgan fingerprint density at radius 1 is 0.366 bits per heavy atom. The molecule has 6 nitrogen and oxygen atoms in total. The number of rotatable bonds is 6. The van der Waals surface area contributed by atoms with Crippen LogP contribution in [0.3, 0.4) is 0 Å². The molecular weight excluding hydrogens is 999 g/mol. The summed E-state index contributed by atoms with van der Waals surface area (Å²) in [4.78, 5) is 16.1. The minimum Gasteiger partial charge on any atom is -0.456 e. The van der Waals surface area contributed by atoms with Crippen molar-refractivity contribution in [3.05, 3.63) is 289 Å². The Morgan fingerprint density at radius 2 is 0.951 bits per heavy atom. The summed E-state index contributed by atoms with van der Waals surface area (Å²) >= 11 is 0. The average molecular weight is 1050 g/mol. The molecule has 3 aliphatic carbocycles. The van der Waals surface area contributed by atoms with Gasteiger partial charge in [-0.15, -0.1) is 0 Å². The van der Waals surface area contributed by atoms with Gasteiger partial charge in [-0.1, -0.05) is 200 Å². The van der Waals surface area contributed by atoms with Crippen LogP contribution in [0.2, 0.25) is 0 Å². The maximum Gasteiger partial charge on any atom is 0.238 e. The monoisotopic (exact) mass is 1050 g/mol. The van der Waals surface area contributed by atoms with Crippen LogP contribution in [0.4, 0.5) is 0 Å². The van der Waals surface area contributed by atoms with Gasteiger partial charge in [-0.3, -0.25) is 4.57 Å². The van der Waals surface area contributed by atoms with Crippen LogP contribution in [-0.4, -0.2) is 24.1 Å². The first-order valence-electron chi connectivity index (χ1n) is 28.3. The molecule has 11 aromatic carbocycles. The lowest BCUT2D eigenvalue weighted by Crippen LogP contribution is -2.26. The molecular formula is C76H47N5O. The van der Waals surface area contributed by atoms with E-state index < -0.39 is 5.41 Å². The van der Waals surface area contributed by atoms with Crippen molar-refractivity contribution in [2.45, 2.75) is 18.3 Å². The van der Waals surface area contributed by atoms with Crippen LogP contribution in [0.25, 0.3) is 139 Å². The second-order valence-corrected chi connectivity index (χ2v) is 22.0. The Bertz CT molecular complexity index is 5220. The molecule has 0 bridgehead atoms. The van der Waals surface area contributed by atoms with Crippen LogP contribution in [0.1, 0.15) is 35.1 Å². The van der Waals surface area contributed by atoms with Crippen molar-refractivity contribution < 1.29 is 4.42 Å². The highest BCUT2D eigenvalue weighted by Gasteiger charge is 2.54. The smallest absolute Gasteiger partial charge is 0.238 e. The molecule has 4 aromatic heterocycles. The Hall–Kier alpha value is -10.7. The maximum atomic E-state index is 6.72. The SMILES string of the molecule is C1=C2C(=CCC1)C1(c3ccccc32)c2ccccc2-c2c1ccc1c3cc(-c4ccc5oc6cccc(-c7ccc8c(c7)c7ccccc7n8-c7ccccc7)c6c5c4)ccc3n(-c3nc(-c4ccccc4)nc(-c4ccccc4)n3)c21. The van der Waals surface area contributed by atoms with E-state index in [0.717, 1.165) is 95.7 Å². The molecule has 0 aliphatic heterocycles. The number of nitrogens with zero attached hydrogens (tertiary/aromatic N) is 5. The van der Waals surface area contributed by atoms with E-state index in [1.54, 1.807) is 0 Å². The Kier molecular flexibility index (Phi) is 9.46. The first kappa shape index (κ1) is 45.2. The van der Waals surface area contributed by atoms with Crippen molar-refractivity contribution >= 4 is 71.1 Å². The summed E-state index contributed by atoms with van der Waals surface area (Å²) in [6, 6.07) is 89.9. The van der Waals surface area contributed by atoms with Crippen molar-refractivity contribution in [2.75, 3.05) is 0 Å². The van der Waals surface area contributed by atoms with Crippen molar-refractivity contribution in [2.24, 2.45) is 0 Å². The molecule has 0 saturated heterocycles. The molecule has 1 spiro atoms. The highest BCUT2D eigenvalue weighted by Crippen LogP contribution is 2.65. The molecule has 0 radical (unpaired) electrons. The van der Waals surface area contributed by atoms with Gasteiger partial charge in [0, 0.05) is 54.7 Å². The van der Waals surface area contributed by atoms with Crippen LogP contribution in [0, 0.1) is 0 Å². The van der Waals surface area contributed by atoms with E-state index >= 15 is 0 Å². The van der Waals surface area contributed by atoms with E-state index in [-0.39, 0.29) is 0 Å². The van der Waals surface area contributed by atoms with E-state index in [0.29, 0.717) is 17.6 Å². The van der Waals surface area contributed by atoms with Gasteiger partial charge in [0.15, 0.2) is 11.6 Å².